The first-order valence-corrected chi connectivity index (χ1v) is 5.86. The third-order valence-electron chi connectivity index (χ3n) is 2.55. The van der Waals surface area contributed by atoms with Crippen LogP contribution in [0.25, 0.3) is 0 Å². The van der Waals surface area contributed by atoms with E-state index in [-0.39, 0.29) is 12.8 Å². The predicted molar refractivity (Wildman–Crippen MR) is 68.2 cm³/mol. The lowest BCUT2D eigenvalue weighted by Crippen LogP contribution is -2.38. The van der Waals surface area contributed by atoms with Crippen molar-refractivity contribution in [2.75, 3.05) is 13.3 Å². The molecule has 0 bridgehead atoms. The van der Waals surface area contributed by atoms with Gasteiger partial charge in [-0.3, -0.25) is 0 Å². The van der Waals surface area contributed by atoms with Crippen molar-refractivity contribution >= 4 is 6.03 Å². The third-order valence-corrected chi connectivity index (χ3v) is 2.55. The Morgan fingerprint density at radius 1 is 1.29 bits per heavy atom. The number of benzene rings is 1. The third kappa shape index (κ3) is 4.34. The quantitative estimate of drug-likeness (QED) is 0.771. The van der Waals surface area contributed by atoms with Crippen molar-refractivity contribution in [3.63, 3.8) is 0 Å². The van der Waals surface area contributed by atoms with Gasteiger partial charge in [-0.05, 0) is 37.5 Å². The van der Waals surface area contributed by atoms with Gasteiger partial charge in [0.2, 0.25) is 0 Å². The Kier molecular flexibility index (Phi) is 5.33. The van der Waals surface area contributed by atoms with E-state index in [1.165, 1.54) is 5.56 Å². The van der Waals surface area contributed by atoms with Gasteiger partial charge in [0.25, 0.3) is 0 Å². The summed E-state index contributed by atoms with van der Waals surface area (Å²) in [6.45, 7) is 6.90. The maximum Gasteiger partial charge on any atom is 0.317 e. The van der Waals surface area contributed by atoms with Crippen molar-refractivity contribution in [1.82, 2.24) is 10.6 Å². The Bertz CT molecular complexity index is 378. The highest BCUT2D eigenvalue weighted by Crippen LogP contribution is 2.19. The van der Waals surface area contributed by atoms with E-state index in [1.54, 1.807) is 0 Å². The summed E-state index contributed by atoms with van der Waals surface area (Å²) in [5, 5.41) is 5.35. The van der Waals surface area contributed by atoms with Gasteiger partial charge in [-0.15, -0.1) is 0 Å². The van der Waals surface area contributed by atoms with Crippen LogP contribution in [-0.2, 0) is 0 Å². The molecule has 0 unspecified atom stereocenters. The summed E-state index contributed by atoms with van der Waals surface area (Å²) >= 11 is 0. The molecule has 0 aliphatic rings. The van der Waals surface area contributed by atoms with Gasteiger partial charge in [-0.25, -0.2) is 4.79 Å². The number of hydrogen-bond donors (Lipinski definition) is 2. The van der Waals surface area contributed by atoms with Gasteiger partial charge in [0.1, 0.15) is 5.75 Å². The number of ether oxygens (including phenoxy) is 1. The van der Waals surface area contributed by atoms with E-state index in [2.05, 4.69) is 10.6 Å². The van der Waals surface area contributed by atoms with E-state index in [4.69, 9.17) is 4.74 Å². The predicted octanol–water partition coefficient (Wildman–Crippen LogP) is 2.35. The number of carbonyl (C=O) groups excluding carboxylic acids is 1. The summed E-state index contributed by atoms with van der Waals surface area (Å²) in [7, 11) is 0. The summed E-state index contributed by atoms with van der Waals surface area (Å²) in [4.78, 5) is 11.2. The molecule has 2 amide bonds. The van der Waals surface area contributed by atoms with Gasteiger partial charge in [-0.1, -0.05) is 19.1 Å². The van der Waals surface area contributed by atoms with Crippen LogP contribution in [0.5, 0.6) is 5.75 Å². The van der Waals surface area contributed by atoms with Gasteiger partial charge in [0.05, 0.1) is 0 Å². The second kappa shape index (κ2) is 6.78. The second-order valence-electron chi connectivity index (χ2n) is 3.92. The second-order valence-corrected chi connectivity index (χ2v) is 3.92. The molecular weight excluding hydrogens is 216 g/mol. The van der Waals surface area contributed by atoms with E-state index in [0.29, 0.717) is 6.54 Å². The minimum atomic E-state index is -0.197. The molecule has 0 fully saturated rings. The van der Waals surface area contributed by atoms with Crippen LogP contribution in [-0.4, -0.2) is 19.3 Å². The Balaban J connectivity index is 2.36. The van der Waals surface area contributed by atoms with Crippen LogP contribution in [0.4, 0.5) is 4.79 Å². The van der Waals surface area contributed by atoms with Crippen molar-refractivity contribution < 1.29 is 9.53 Å². The number of amides is 2. The minimum absolute atomic E-state index is 0.180. The maximum absolute atomic E-state index is 11.2. The molecule has 0 heterocycles. The lowest BCUT2D eigenvalue weighted by molar-refractivity contribution is 0.223. The van der Waals surface area contributed by atoms with E-state index in [9.17, 15) is 4.79 Å². The summed E-state index contributed by atoms with van der Waals surface area (Å²) in [5.74, 6) is 0.806. The van der Waals surface area contributed by atoms with Gasteiger partial charge >= 0.3 is 6.03 Å². The molecule has 1 rings (SSSR count). The van der Waals surface area contributed by atoms with E-state index < -0.39 is 0 Å². The van der Waals surface area contributed by atoms with Crippen LogP contribution < -0.4 is 15.4 Å². The molecule has 94 valence electrons. The van der Waals surface area contributed by atoms with Gasteiger partial charge in [-0.2, -0.15) is 0 Å². The first-order valence-electron chi connectivity index (χ1n) is 5.86. The number of rotatable bonds is 5. The Morgan fingerprint density at radius 2 is 2.06 bits per heavy atom. The molecule has 0 aliphatic heterocycles. The fourth-order valence-electron chi connectivity index (χ4n) is 1.36. The molecule has 1 aromatic carbocycles. The van der Waals surface area contributed by atoms with E-state index in [0.717, 1.165) is 17.7 Å². The molecule has 0 radical (unpaired) electrons. The van der Waals surface area contributed by atoms with Crippen LogP contribution in [0.1, 0.15) is 24.5 Å². The molecule has 2 N–H and O–H groups in total. The molecule has 17 heavy (non-hydrogen) atoms. The number of hydrogen-bond acceptors (Lipinski definition) is 2. The van der Waals surface area contributed by atoms with E-state index in [1.807, 2.05) is 39.0 Å². The standard InChI is InChI=1S/C13H20N2O2/c1-4-8-14-13(16)15-9-17-12-7-5-6-10(2)11(12)3/h5-7H,4,8-9H2,1-3H3,(H2,14,15,16). The van der Waals surface area contributed by atoms with Crippen LogP contribution in [0, 0.1) is 13.8 Å². The average molecular weight is 236 g/mol. The Labute approximate surface area is 102 Å². The SMILES string of the molecule is CCCNC(=O)NCOc1cccc(C)c1C. The minimum Gasteiger partial charge on any atom is -0.473 e. The lowest BCUT2D eigenvalue weighted by atomic mass is 10.1. The molecule has 4 nitrogen and oxygen atoms in total. The highest BCUT2D eigenvalue weighted by Gasteiger charge is 2.02. The average Bonchev–Trinajstić information content (AvgIpc) is 2.32. The number of nitrogens with one attached hydrogen (secondary N) is 2. The summed E-state index contributed by atoms with van der Waals surface area (Å²) < 4.78 is 5.50. The van der Waals surface area contributed by atoms with Crippen LogP contribution in [0.15, 0.2) is 18.2 Å². The van der Waals surface area contributed by atoms with Gasteiger partial charge in [0, 0.05) is 6.54 Å². The smallest absolute Gasteiger partial charge is 0.317 e. The zero-order valence-electron chi connectivity index (χ0n) is 10.7. The number of carbonyl (C=O) groups is 1. The van der Waals surface area contributed by atoms with Crippen LogP contribution in [0.3, 0.4) is 0 Å². The Hall–Kier alpha value is -1.71. The monoisotopic (exact) mass is 236 g/mol. The van der Waals surface area contributed by atoms with Crippen molar-refractivity contribution in [2.45, 2.75) is 27.2 Å². The normalized spacial score (nSPS) is 9.82. The number of urea groups is 1. The topological polar surface area (TPSA) is 50.4 Å². The largest absolute Gasteiger partial charge is 0.473 e. The fraction of sp³-hybridized carbons (Fsp3) is 0.462. The zero-order chi connectivity index (χ0) is 12.7. The fourth-order valence-corrected chi connectivity index (χ4v) is 1.36. The molecule has 0 aliphatic carbocycles. The van der Waals surface area contributed by atoms with Crippen molar-refractivity contribution in [3.05, 3.63) is 29.3 Å². The summed E-state index contributed by atoms with van der Waals surface area (Å²) in [6, 6.07) is 5.67. The maximum atomic E-state index is 11.2. The molecule has 0 spiro atoms. The van der Waals surface area contributed by atoms with Crippen molar-refractivity contribution in [1.29, 1.82) is 0 Å². The van der Waals surface area contributed by atoms with E-state index >= 15 is 0 Å². The molecule has 0 saturated heterocycles. The first-order chi connectivity index (χ1) is 8.15. The summed E-state index contributed by atoms with van der Waals surface area (Å²) in [6.07, 6.45) is 0.922. The molecule has 0 aromatic heterocycles. The summed E-state index contributed by atoms with van der Waals surface area (Å²) in [5.41, 5.74) is 2.28. The van der Waals surface area contributed by atoms with Crippen molar-refractivity contribution in [3.8, 4) is 5.75 Å². The molecule has 0 atom stereocenters. The van der Waals surface area contributed by atoms with Gasteiger partial charge < -0.3 is 15.4 Å². The molecular formula is C13H20N2O2. The van der Waals surface area contributed by atoms with Crippen molar-refractivity contribution in [2.24, 2.45) is 0 Å². The Morgan fingerprint density at radius 3 is 2.76 bits per heavy atom. The number of aryl methyl sites for hydroxylation is 1. The molecule has 1 aromatic rings. The van der Waals surface area contributed by atoms with Crippen LogP contribution >= 0.6 is 0 Å². The van der Waals surface area contributed by atoms with Crippen LogP contribution in [0.2, 0.25) is 0 Å². The van der Waals surface area contributed by atoms with Gasteiger partial charge in [0.15, 0.2) is 6.73 Å². The first kappa shape index (κ1) is 13.4. The lowest BCUT2D eigenvalue weighted by Gasteiger charge is -2.11. The zero-order valence-corrected chi connectivity index (χ0v) is 10.7. The molecule has 0 saturated carbocycles. The highest BCUT2D eigenvalue weighted by atomic mass is 16.5. The highest BCUT2D eigenvalue weighted by molar-refractivity contribution is 5.73. The molecule has 4 heteroatoms.